The number of urea groups is 2. The van der Waals surface area contributed by atoms with Crippen LogP contribution in [-0.4, -0.2) is 256 Å². The number of ether oxygens (including phenoxy) is 6. The van der Waals surface area contributed by atoms with E-state index < -0.39 is 40.1 Å². The van der Waals surface area contributed by atoms with Crippen molar-refractivity contribution in [1.29, 1.82) is 0 Å². The van der Waals surface area contributed by atoms with E-state index in [1.165, 1.54) is 53.4 Å². The van der Waals surface area contributed by atoms with Crippen LogP contribution in [-0.2, 0) is 91.6 Å². The third kappa shape index (κ3) is 37.3. The minimum Gasteiger partial charge on any atom is -0.468 e. The second-order valence-electron chi connectivity index (χ2n) is 22.5. The van der Waals surface area contributed by atoms with E-state index >= 15 is 0 Å². The van der Waals surface area contributed by atoms with Crippen LogP contribution in [0.1, 0.15) is 110 Å². The minimum atomic E-state index is -0.889. The van der Waals surface area contributed by atoms with Gasteiger partial charge < -0.3 is 43.5 Å². The highest BCUT2D eigenvalue weighted by molar-refractivity contribution is 6.93. The number of carbonyl (C=O) groups is 11. The van der Waals surface area contributed by atoms with Crippen molar-refractivity contribution in [2.24, 2.45) is 0 Å². The third-order valence-corrected chi connectivity index (χ3v) is 15.3. The standard InChI is InChI=1S/C19H29N3O5.C11H17N3O4.C11H15NO2.C10H10O2.C8H13ClN2O3.C7H14N2O2.CCl2O.3CH4/c1-20(12-8-14-26-27-15-16-9-5-4-6-10-16)19(24)22-17(18(23)25-3)11-7-13-21(22)2;1-12-7-5-9(15)13-6-3-4-8(10(16)18-2)14(13)11(12)17;1-12-8-7-11(13)14-9-10-5-3-2-4-6-10;1-2-10(11)12-8-9-6-4-3-5-7-9;1-10-5-3-4-6(7(12)14-2)11(10)8(9)13;1-9-5-3-4-6(8-9)7(10)11-2;2-1(3)4;;;/h4-6,9-10,17H,7-8,11-15H2,1-3H3;8H,3-7H2,1-2H3;2-6,12H,7-9H2,1H3;2-7H,1,8H2;6H,3-5H2,1-2H3;6,8H,3-5H2,1-2H3;;3*1H4/t17-;8-;;;2*6-;;;;/m00..00..../s1. The van der Waals surface area contributed by atoms with Gasteiger partial charge in [-0.05, 0) is 116 Å². The lowest BCUT2D eigenvalue weighted by Crippen LogP contribution is -2.60. The largest absolute Gasteiger partial charge is 0.468 e. The van der Waals surface area contributed by atoms with Gasteiger partial charge in [-0.1, -0.05) is 120 Å². The molecule has 5 aliphatic rings. The number of hydrogen-bond donors (Lipinski definition) is 2. The average Bonchev–Trinajstić information content (AvgIpc) is 1.77. The highest BCUT2D eigenvalue weighted by Gasteiger charge is 2.43. The number of nitrogens with one attached hydrogen (secondary N) is 2. The Labute approximate surface area is 622 Å². The lowest BCUT2D eigenvalue weighted by atomic mass is 10.1. The molecule has 0 saturated carbocycles. The second kappa shape index (κ2) is 55.5. The minimum absolute atomic E-state index is 0. The fraction of sp³-hybridized carbons (Fsp3) is 0.557. The molecule has 5 fully saturated rings. The molecule has 30 nitrogen and oxygen atoms in total. The predicted molar refractivity (Wildman–Crippen MR) is 391 cm³/mol. The van der Waals surface area contributed by atoms with Gasteiger partial charge in [-0.15, -0.1) is 0 Å². The van der Waals surface area contributed by atoms with E-state index in [0.717, 1.165) is 61.5 Å². The summed E-state index contributed by atoms with van der Waals surface area (Å²) in [4.78, 5) is 138. The molecule has 0 aromatic heterocycles. The number of nitrogens with zero attached hydrogens (tertiary/aromatic N) is 9. The number of esters is 6. The SMILES string of the molecule is C.C.C.C=CC(=O)OCc1ccccc1.CNCCC(=O)OCc1ccccc1.COC(=O)[C@@H]1CCCN(C)N1.COC(=O)[C@@H]1CCCN(C)N1C(=O)Cl.COC(=O)[C@@H]1CCCN(C)N1C(=O)N(C)CCCOOCc1ccccc1.COC(=O)[C@@H]1CCCN2C(=O)CCN(C)C(=O)N12.O=C(Cl)Cl. The van der Waals surface area contributed by atoms with Gasteiger partial charge in [0.05, 0.1) is 41.5 Å². The Hall–Kier alpha value is -8.04. The Kier molecular flexibility index (Phi) is 52.3. The number of fused-ring (bicyclic) bond motifs is 1. The fourth-order valence-corrected chi connectivity index (χ4v) is 10.2. The van der Waals surface area contributed by atoms with Crippen LogP contribution in [0.2, 0.25) is 0 Å². The van der Waals surface area contributed by atoms with Crippen molar-refractivity contribution in [3.8, 4) is 0 Å². The maximum atomic E-state index is 12.8. The summed E-state index contributed by atoms with van der Waals surface area (Å²) in [6, 6.07) is 26.4. The molecule has 5 saturated heterocycles. The zero-order chi connectivity index (χ0) is 74.5. The molecule has 580 valence electrons. The van der Waals surface area contributed by atoms with Crippen LogP contribution in [0.5, 0.6) is 0 Å². The quantitative estimate of drug-likeness (QED) is 0.0165. The number of benzene rings is 3. The first kappa shape index (κ1) is 97.0. The van der Waals surface area contributed by atoms with Gasteiger partial charge in [-0.25, -0.2) is 79.0 Å². The van der Waals surface area contributed by atoms with Crippen LogP contribution < -0.4 is 10.7 Å². The van der Waals surface area contributed by atoms with E-state index in [4.69, 9.17) is 45.1 Å². The van der Waals surface area contributed by atoms with Gasteiger partial charge in [0.15, 0.2) is 6.04 Å². The molecule has 2 N–H and O–H groups in total. The molecule has 3 aromatic rings. The molecule has 0 aliphatic carbocycles. The maximum absolute atomic E-state index is 12.8. The van der Waals surface area contributed by atoms with Gasteiger partial charge in [-0.2, -0.15) is 0 Å². The second-order valence-corrected chi connectivity index (χ2v) is 23.7. The molecule has 6 amide bonds. The molecular weight excluding hydrogens is 1410 g/mol. The fourth-order valence-electron chi connectivity index (χ4n) is 9.98. The average molecular weight is 1520 g/mol. The third-order valence-electron chi connectivity index (χ3n) is 15.2. The van der Waals surface area contributed by atoms with Gasteiger partial charge in [0.1, 0.15) is 37.9 Å². The molecule has 0 radical (unpaired) electrons. The summed E-state index contributed by atoms with van der Waals surface area (Å²) in [5, 5.41) is 12.9. The Balaban J connectivity index is 0. The molecule has 4 atom stereocenters. The summed E-state index contributed by atoms with van der Waals surface area (Å²) in [5.74, 6) is -2.14. The van der Waals surface area contributed by atoms with Crippen LogP contribution >= 0.6 is 34.8 Å². The Morgan fingerprint density at radius 2 is 1.04 bits per heavy atom. The lowest BCUT2D eigenvalue weighted by Gasteiger charge is -2.42. The van der Waals surface area contributed by atoms with Gasteiger partial charge in [0, 0.05) is 93.5 Å². The molecule has 5 heterocycles. The molecule has 33 heteroatoms. The number of halogens is 3. The first-order valence-electron chi connectivity index (χ1n) is 32.2. The zero-order valence-electron chi connectivity index (χ0n) is 58.7. The van der Waals surface area contributed by atoms with E-state index in [2.05, 4.69) is 50.0 Å². The topological polar surface area (TPSA) is 315 Å². The van der Waals surface area contributed by atoms with Crippen LogP contribution in [0.3, 0.4) is 0 Å². The summed E-state index contributed by atoms with van der Waals surface area (Å²) in [6.07, 6.45) is 8.50. The van der Waals surface area contributed by atoms with Crippen LogP contribution in [0.4, 0.5) is 19.2 Å². The molecule has 0 bridgehead atoms. The number of hydrogen-bond acceptors (Lipinski definition) is 24. The number of methoxy groups -OCH3 is 4. The van der Waals surface area contributed by atoms with Crippen LogP contribution in [0, 0.1) is 0 Å². The summed E-state index contributed by atoms with van der Waals surface area (Å²) < 4.78 is 27.7. The Morgan fingerprint density at radius 1 is 0.592 bits per heavy atom. The van der Waals surface area contributed by atoms with Crippen molar-refractivity contribution in [2.75, 3.05) is 123 Å². The van der Waals surface area contributed by atoms with Crippen molar-refractivity contribution in [3.05, 3.63) is 120 Å². The Bertz CT molecular complexity index is 2990. The van der Waals surface area contributed by atoms with Crippen LogP contribution in [0.15, 0.2) is 104 Å². The molecule has 5 aliphatic heterocycles. The van der Waals surface area contributed by atoms with Gasteiger partial charge in [0.2, 0.25) is 5.91 Å². The summed E-state index contributed by atoms with van der Waals surface area (Å²) in [7, 11) is 15.9. The number of rotatable bonds is 19. The molecule has 0 unspecified atom stereocenters. The molecule has 8 rings (SSSR count). The van der Waals surface area contributed by atoms with Crippen molar-refractivity contribution in [3.63, 3.8) is 0 Å². The first-order valence-corrected chi connectivity index (χ1v) is 33.3. The van der Waals surface area contributed by atoms with Crippen molar-refractivity contribution >= 4 is 98.7 Å². The van der Waals surface area contributed by atoms with E-state index in [1.54, 1.807) is 43.1 Å². The summed E-state index contributed by atoms with van der Waals surface area (Å²) in [5.41, 5.74) is 6.06. The van der Waals surface area contributed by atoms with Gasteiger partial charge in [0.25, 0.3) is 0 Å². The summed E-state index contributed by atoms with van der Waals surface area (Å²) >= 11 is 14.2. The lowest BCUT2D eigenvalue weighted by molar-refractivity contribution is -0.304. The molecule has 0 spiro atoms. The van der Waals surface area contributed by atoms with E-state index in [-0.39, 0.29) is 76.6 Å². The van der Waals surface area contributed by atoms with E-state index in [1.807, 2.05) is 110 Å². The number of carbonyl (C=O) groups excluding carboxylic acids is 11. The monoisotopic (exact) mass is 1510 g/mol. The van der Waals surface area contributed by atoms with E-state index in [9.17, 15) is 47.9 Å². The van der Waals surface area contributed by atoms with Crippen molar-refractivity contribution in [2.45, 2.75) is 137 Å². The highest BCUT2D eigenvalue weighted by atomic mass is 35.5. The number of hydrazine groups is 4. The Morgan fingerprint density at radius 3 is 1.51 bits per heavy atom. The smallest absolute Gasteiger partial charge is 0.339 e. The summed E-state index contributed by atoms with van der Waals surface area (Å²) in [6.45, 7) is 9.17. The highest BCUT2D eigenvalue weighted by Crippen LogP contribution is 2.25. The molecule has 103 heavy (non-hydrogen) atoms. The van der Waals surface area contributed by atoms with Crippen LogP contribution in [0.25, 0.3) is 0 Å². The van der Waals surface area contributed by atoms with Gasteiger partial charge in [-0.3, -0.25) is 24.0 Å². The van der Waals surface area contributed by atoms with Crippen molar-refractivity contribution in [1.82, 2.24) is 55.6 Å². The normalized spacial score (nSPS) is 17.6. The van der Waals surface area contributed by atoms with Crippen molar-refractivity contribution < 1.29 is 90.9 Å². The molecular formula is C70H110Cl3N11O19. The molecule has 3 aromatic carbocycles. The van der Waals surface area contributed by atoms with Gasteiger partial charge >= 0.3 is 57.9 Å². The maximum Gasteiger partial charge on any atom is 0.339 e. The zero-order valence-corrected chi connectivity index (χ0v) is 61.0. The first-order chi connectivity index (χ1) is 47.8. The number of amides is 6. The predicted octanol–water partition coefficient (Wildman–Crippen LogP) is 9.22. The van der Waals surface area contributed by atoms with E-state index in [0.29, 0.717) is 97.7 Å².